The van der Waals surface area contributed by atoms with Crippen molar-refractivity contribution in [3.8, 4) is 0 Å². The summed E-state index contributed by atoms with van der Waals surface area (Å²) >= 11 is 0. The van der Waals surface area contributed by atoms with Gasteiger partial charge in [-0.3, -0.25) is 9.59 Å². The monoisotopic (exact) mass is 685 g/mol. The van der Waals surface area contributed by atoms with Crippen molar-refractivity contribution in [1.29, 1.82) is 0 Å². The fourth-order valence-corrected chi connectivity index (χ4v) is 11.1. The van der Waals surface area contributed by atoms with Crippen molar-refractivity contribution in [3.05, 3.63) is 11.6 Å². The van der Waals surface area contributed by atoms with Gasteiger partial charge in [-0.1, -0.05) is 65.5 Å². The average Bonchev–Trinajstić information content (AvgIpc) is 3.43. The molecule has 1 amide bonds. The Balaban J connectivity index is 1.22. The normalized spacial score (nSPS) is 31.4. The summed E-state index contributed by atoms with van der Waals surface area (Å²) in [5.41, 5.74) is 13.6. The Bertz CT molecular complexity index is 1060. The van der Waals surface area contributed by atoms with Crippen LogP contribution in [0.3, 0.4) is 0 Å². The van der Waals surface area contributed by atoms with Crippen molar-refractivity contribution < 1.29 is 14.3 Å². The van der Waals surface area contributed by atoms with Gasteiger partial charge in [0.2, 0.25) is 5.91 Å². The molecular formula is C42H76N4O3. The number of unbranched alkanes of at least 4 members (excludes halogenated alkanes) is 1. The summed E-state index contributed by atoms with van der Waals surface area (Å²) in [6.07, 6.45) is 21.6. The van der Waals surface area contributed by atoms with Gasteiger partial charge in [-0.15, -0.1) is 0 Å². The first-order valence-electron chi connectivity index (χ1n) is 20.8. The van der Waals surface area contributed by atoms with E-state index < -0.39 is 0 Å². The maximum Gasteiger partial charge on any atom is 0.306 e. The minimum Gasteiger partial charge on any atom is -0.462 e. The third kappa shape index (κ3) is 10.6. The maximum absolute atomic E-state index is 13.0. The van der Waals surface area contributed by atoms with Gasteiger partial charge in [0, 0.05) is 32.4 Å². The fourth-order valence-electron chi connectivity index (χ4n) is 11.1. The molecule has 0 unspecified atom stereocenters. The summed E-state index contributed by atoms with van der Waals surface area (Å²) in [6, 6.07) is 0. The first-order chi connectivity index (χ1) is 23.5. The van der Waals surface area contributed by atoms with Crippen LogP contribution in [0.4, 0.5) is 0 Å². The van der Waals surface area contributed by atoms with Gasteiger partial charge in [-0.2, -0.15) is 0 Å². The Morgan fingerprint density at radius 3 is 2.39 bits per heavy atom. The fraction of sp³-hybridized carbons (Fsp3) is 0.905. The Labute approximate surface area is 300 Å². The number of nitrogens with zero attached hydrogens (tertiary/aromatic N) is 1. The molecule has 7 nitrogen and oxygen atoms in total. The summed E-state index contributed by atoms with van der Waals surface area (Å²) in [5, 5.41) is 3.41. The summed E-state index contributed by atoms with van der Waals surface area (Å²) in [7, 11) is 0. The highest BCUT2D eigenvalue weighted by Gasteiger charge is 2.59. The van der Waals surface area contributed by atoms with Crippen LogP contribution in [0.1, 0.15) is 150 Å². The number of ether oxygens (including phenoxy) is 1. The van der Waals surface area contributed by atoms with Crippen molar-refractivity contribution in [2.75, 3.05) is 39.3 Å². The molecular weight excluding hydrogens is 608 g/mol. The van der Waals surface area contributed by atoms with Gasteiger partial charge in [-0.05, 0) is 150 Å². The molecule has 49 heavy (non-hydrogen) atoms. The molecule has 0 spiro atoms. The molecule has 0 saturated heterocycles. The van der Waals surface area contributed by atoms with Gasteiger partial charge in [-0.25, -0.2) is 0 Å². The van der Waals surface area contributed by atoms with E-state index in [1.54, 1.807) is 5.57 Å². The van der Waals surface area contributed by atoms with Crippen LogP contribution in [0.15, 0.2) is 11.6 Å². The lowest BCUT2D eigenvalue weighted by atomic mass is 9.47. The zero-order valence-corrected chi connectivity index (χ0v) is 32.4. The zero-order chi connectivity index (χ0) is 35.4. The molecule has 0 heterocycles. The van der Waals surface area contributed by atoms with Crippen LogP contribution in [0.5, 0.6) is 0 Å². The number of amides is 1. The molecule has 0 aromatic heterocycles. The minimum atomic E-state index is -0.138. The van der Waals surface area contributed by atoms with Crippen LogP contribution in [0.2, 0.25) is 0 Å². The van der Waals surface area contributed by atoms with Crippen molar-refractivity contribution in [2.24, 2.45) is 57.8 Å². The topological polar surface area (TPSA) is 111 Å². The van der Waals surface area contributed by atoms with E-state index in [0.29, 0.717) is 44.3 Å². The third-order valence-corrected chi connectivity index (χ3v) is 13.9. The average molecular weight is 685 g/mol. The summed E-state index contributed by atoms with van der Waals surface area (Å²) in [5.74, 6) is 5.01. The van der Waals surface area contributed by atoms with Crippen molar-refractivity contribution in [1.82, 2.24) is 10.2 Å². The molecule has 282 valence electrons. The number of hydrogen-bond donors (Lipinski definition) is 3. The first-order valence-corrected chi connectivity index (χ1v) is 20.8. The third-order valence-electron chi connectivity index (χ3n) is 13.9. The van der Waals surface area contributed by atoms with Gasteiger partial charge in [0.15, 0.2) is 0 Å². The number of rotatable bonds is 21. The van der Waals surface area contributed by atoms with Gasteiger partial charge in [0.1, 0.15) is 6.10 Å². The molecule has 3 fully saturated rings. The Kier molecular flexibility index (Phi) is 16.0. The molecule has 0 bridgehead atoms. The minimum absolute atomic E-state index is 0.0185. The summed E-state index contributed by atoms with van der Waals surface area (Å²) < 4.78 is 6.08. The lowest BCUT2D eigenvalue weighted by Crippen LogP contribution is -2.51. The Morgan fingerprint density at radius 1 is 0.878 bits per heavy atom. The predicted octanol–water partition coefficient (Wildman–Crippen LogP) is 8.01. The van der Waals surface area contributed by atoms with Gasteiger partial charge >= 0.3 is 5.97 Å². The molecule has 4 aliphatic carbocycles. The van der Waals surface area contributed by atoms with E-state index >= 15 is 0 Å². The Morgan fingerprint density at radius 2 is 1.63 bits per heavy atom. The smallest absolute Gasteiger partial charge is 0.306 e. The number of allylic oxidation sites excluding steroid dienone is 1. The van der Waals surface area contributed by atoms with E-state index in [1.807, 2.05) is 4.90 Å². The second kappa shape index (κ2) is 19.4. The highest BCUT2D eigenvalue weighted by Crippen LogP contribution is 2.67. The van der Waals surface area contributed by atoms with Gasteiger partial charge < -0.3 is 26.4 Å². The maximum atomic E-state index is 13.0. The van der Waals surface area contributed by atoms with E-state index in [1.165, 1.54) is 51.4 Å². The molecule has 5 N–H and O–H groups in total. The quantitative estimate of drug-likeness (QED) is 0.0642. The van der Waals surface area contributed by atoms with Crippen LogP contribution in [0.25, 0.3) is 0 Å². The number of carbonyl (C=O) groups excluding carboxylic acids is 2. The number of nitrogens with two attached hydrogens (primary N) is 2. The number of esters is 1. The zero-order valence-electron chi connectivity index (χ0n) is 32.4. The van der Waals surface area contributed by atoms with Crippen molar-refractivity contribution in [3.63, 3.8) is 0 Å². The van der Waals surface area contributed by atoms with Crippen LogP contribution >= 0.6 is 0 Å². The van der Waals surface area contributed by atoms with E-state index in [9.17, 15) is 9.59 Å². The van der Waals surface area contributed by atoms with Crippen LogP contribution < -0.4 is 16.8 Å². The molecule has 8 atom stereocenters. The highest BCUT2D eigenvalue weighted by atomic mass is 16.5. The highest BCUT2D eigenvalue weighted by molar-refractivity contribution is 5.77. The number of fused-ring (bicyclic) bond motifs is 5. The molecule has 4 rings (SSSR count). The molecule has 0 aromatic carbocycles. The molecule has 4 aliphatic rings. The second-order valence-electron chi connectivity index (χ2n) is 17.6. The molecule has 0 aromatic rings. The number of carbonyl (C=O) groups is 2. The van der Waals surface area contributed by atoms with E-state index in [2.05, 4.69) is 46.0 Å². The SMILES string of the molecule is CC(C)CCC[C@@H](C)[C@H]1CC[C@H]2[C@@H]3CC=C4C[C@@H](OC(=O)CCCC(=O)N(CCCN)CCCCNCCCN)CC[C@]4(C)[C@H]3CC[C@]12C. The number of nitrogens with one attached hydrogen (secondary N) is 1. The van der Waals surface area contributed by atoms with Gasteiger partial charge in [0.05, 0.1) is 0 Å². The summed E-state index contributed by atoms with van der Waals surface area (Å²) in [4.78, 5) is 27.9. The number of hydrogen-bond acceptors (Lipinski definition) is 6. The lowest BCUT2D eigenvalue weighted by Gasteiger charge is -2.58. The largest absolute Gasteiger partial charge is 0.462 e. The standard InChI is InChI=1S/C42H76N4O3/c1-31(2)12-8-13-32(3)36-18-19-37-35-17-16-33-30-34(20-22-41(33,4)38(35)21-23-42(36,37)5)49-40(48)15-9-14-39(47)46(29-11-25-44)28-7-6-26-45-27-10-24-43/h16,31-32,34-38,45H,6-15,17-30,43-44H2,1-5H3/t32-,34+,35+,36-,37+,38+,41+,42-/m1/s1. The molecule has 7 heteroatoms. The van der Waals surface area contributed by atoms with Crippen LogP contribution in [0, 0.1) is 46.3 Å². The van der Waals surface area contributed by atoms with Gasteiger partial charge in [0.25, 0.3) is 0 Å². The van der Waals surface area contributed by atoms with E-state index in [4.69, 9.17) is 16.2 Å². The van der Waals surface area contributed by atoms with E-state index in [-0.39, 0.29) is 23.4 Å². The Hall–Kier alpha value is -1.44. The predicted molar refractivity (Wildman–Crippen MR) is 203 cm³/mol. The summed E-state index contributed by atoms with van der Waals surface area (Å²) in [6.45, 7) is 17.1. The van der Waals surface area contributed by atoms with Crippen molar-refractivity contribution >= 4 is 11.9 Å². The van der Waals surface area contributed by atoms with Crippen LogP contribution in [-0.4, -0.2) is 62.1 Å². The van der Waals surface area contributed by atoms with E-state index in [0.717, 1.165) is 100 Å². The van der Waals surface area contributed by atoms with Crippen molar-refractivity contribution in [2.45, 2.75) is 156 Å². The second-order valence-corrected chi connectivity index (χ2v) is 17.6. The molecule has 0 aliphatic heterocycles. The molecule has 3 saturated carbocycles. The van der Waals surface area contributed by atoms with Crippen LogP contribution in [-0.2, 0) is 14.3 Å². The first kappa shape index (κ1) is 40.3. The lowest BCUT2D eigenvalue weighted by molar-refractivity contribution is -0.151. The molecule has 0 radical (unpaired) electrons.